The molecule has 0 saturated heterocycles. The minimum Gasteiger partial charge on any atom is -0.496 e. The van der Waals surface area contributed by atoms with Gasteiger partial charge in [-0.15, -0.1) is 11.3 Å². The Bertz CT molecular complexity index is 878. The largest absolute Gasteiger partial charge is 0.496 e. The highest BCUT2D eigenvalue weighted by molar-refractivity contribution is 7.21. The summed E-state index contributed by atoms with van der Waals surface area (Å²) in [4.78, 5) is 12.8. The summed E-state index contributed by atoms with van der Waals surface area (Å²) in [6.45, 7) is 0.321. The number of hydrogen-bond acceptors (Lipinski definition) is 3. The van der Waals surface area contributed by atoms with Gasteiger partial charge in [0.2, 0.25) is 0 Å². The molecule has 1 heterocycles. The number of methoxy groups -OCH3 is 1. The fraction of sp³-hybridized carbons (Fsp3) is 0.118. The van der Waals surface area contributed by atoms with E-state index in [9.17, 15) is 9.18 Å². The van der Waals surface area contributed by atoms with Crippen LogP contribution in [-0.2, 0) is 6.54 Å². The van der Waals surface area contributed by atoms with Crippen LogP contribution in [0.4, 0.5) is 4.39 Å². The second-order valence-electron chi connectivity index (χ2n) is 4.88. The Hall–Kier alpha value is -2.11. The van der Waals surface area contributed by atoms with Gasteiger partial charge in [0.15, 0.2) is 0 Å². The van der Waals surface area contributed by atoms with Gasteiger partial charge in [-0.3, -0.25) is 4.79 Å². The van der Waals surface area contributed by atoms with E-state index in [4.69, 9.17) is 16.3 Å². The molecule has 2 aromatic carbocycles. The topological polar surface area (TPSA) is 38.3 Å². The first-order valence-corrected chi connectivity index (χ1v) is 8.07. The van der Waals surface area contributed by atoms with Crippen molar-refractivity contribution in [1.29, 1.82) is 0 Å². The van der Waals surface area contributed by atoms with Crippen LogP contribution in [0.15, 0.2) is 42.5 Å². The zero-order valence-electron chi connectivity index (χ0n) is 12.2. The molecule has 0 aliphatic heterocycles. The second-order valence-corrected chi connectivity index (χ2v) is 6.31. The average Bonchev–Trinajstić information content (AvgIpc) is 2.89. The van der Waals surface area contributed by atoms with E-state index < -0.39 is 0 Å². The Morgan fingerprint density at radius 1 is 1.30 bits per heavy atom. The third kappa shape index (κ3) is 3.16. The second kappa shape index (κ2) is 6.56. The summed E-state index contributed by atoms with van der Waals surface area (Å²) in [5.74, 6) is 0.0659. The van der Waals surface area contributed by atoms with Crippen LogP contribution in [0.3, 0.4) is 0 Å². The van der Waals surface area contributed by atoms with Gasteiger partial charge < -0.3 is 10.1 Å². The van der Waals surface area contributed by atoms with Crippen LogP contribution in [0.5, 0.6) is 5.75 Å². The quantitative estimate of drug-likeness (QED) is 0.745. The molecule has 0 aliphatic rings. The predicted molar refractivity (Wildman–Crippen MR) is 91.0 cm³/mol. The highest BCUT2D eigenvalue weighted by Gasteiger charge is 2.17. The van der Waals surface area contributed by atoms with Crippen molar-refractivity contribution in [3.8, 4) is 5.75 Å². The Morgan fingerprint density at radius 3 is 2.87 bits per heavy atom. The van der Waals surface area contributed by atoms with Crippen molar-refractivity contribution >= 4 is 38.9 Å². The average molecular weight is 350 g/mol. The number of ether oxygens (including phenoxy) is 1. The molecule has 3 rings (SSSR count). The highest BCUT2D eigenvalue weighted by atomic mass is 35.5. The first-order valence-electron chi connectivity index (χ1n) is 6.88. The van der Waals surface area contributed by atoms with Crippen molar-refractivity contribution in [2.24, 2.45) is 0 Å². The molecule has 0 aliphatic carbocycles. The number of rotatable bonds is 4. The number of halogens is 2. The molecule has 1 aromatic heterocycles. The van der Waals surface area contributed by atoms with Crippen LogP contribution < -0.4 is 10.1 Å². The van der Waals surface area contributed by atoms with Crippen molar-refractivity contribution < 1.29 is 13.9 Å². The van der Waals surface area contributed by atoms with Gasteiger partial charge in [0.25, 0.3) is 5.91 Å². The Morgan fingerprint density at radius 2 is 2.09 bits per heavy atom. The lowest BCUT2D eigenvalue weighted by Gasteiger charge is -2.09. The van der Waals surface area contributed by atoms with E-state index in [1.807, 2.05) is 24.3 Å². The molecule has 3 aromatic rings. The normalized spacial score (nSPS) is 10.7. The zero-order chi connectivity index (χ0) is 16.4. The van der Waals surface area contributed by atoms with Gasteiger partial charge in [-0.05, 0) is 24.3 Å². The molecular weight excluding hydrogens is 337 g/mol. The lowest BCUT2D eigenvalue weighted by molar-refractivity contribution is 0.0955. The van der Waals surface area contributed by atoms with Gasteiger partial charge in [-0.25, -0.2) is 4.39 Å². The fourth-order valence-corrected chi connectivity index (χ4v) is 3.75. The van der Waals surface area contributed by atoms with E-state index in [0.29, 0.717) is 32.3 Å². The molecule has 0 radical (unpaired) electrons. The molecule has 0 fully saturated rings. The molecule has 6 heteroatoms. The molecular formula is C17H13ClFNO2S. The number of amides is 1. The molecule has 0 atom stereocenters. The predicted octanol–water partition coefficient (Wildman–Crippen LogP) is 4.63. The Kier molecular flexibility index (Phi) is 4.50. The highest BCUT2D eigenvalue weighted by Crippen LogP contribution is 2.35. The van der Waals surface area contributed by atoms with Crippen LogP contribution in [0.1, 0.15) is 15.2 Å². The first-order chi connectivity index (χ1) is 11.1. The van der Waals surface area contributed by atoms with Gasteiger partial charge in [-0.1, -0.05) is 29.8 Å². The minimum absolute atomic E-state index is 0.289. The summed E-state index contributed by atoms with van der Waals surface area (Å²) in [5.41, 5.74) is 0.867. The third-order valence-electron chi connectivity index (χ3n) is 3.43. The number of carbonyl (C=O) groups excluding carboxylic acids is 1. The van der Waals surface area contributed by atoms with Crippen molar-refractivity contribution in [3.63, 3.8) is 0 Å². The molecule has 0 spiro atoms. The molecule has 1 amide bonds. The van der Waals surface area contributed by atoms with Crippen molar-refractivity contribution in [1.82, 2.24) is 5.32 Å². The van der Waals surface area contributed by atoms with Gasteiger partial charge >= 0.3 is 0 Å². The van der Waals surface area contributed by atoms with Crippen LogP contribution in [0.25, 0.3) is 10.1 Å². The van der Waals surface area contributed by atoms with Crippen LogP contribution in [0, 0.1) is 5.82 Å². The lowest BCUT2D eigenvalue weighted by atomic mass is 10.2. The van der Waals surface area contributed by atoms with E-state index in [1.54, 1.807) is 13.2 Å². The molecule has 0 bridgehead atoms. The summed E-state index contributed by atoms with van der Waals surface area (Å²) in [5, 5.41) is 3.85. The van der Waals surface area contributed by atoms with Crippen LogP contribution in [-0.4, -0.2) is 13.0 Å². The maximum atomic E-state index is 13.3. The monoisotopic (exact) mass is 349 g/mol. The van der Waals surface area contributed by atoms with Gasteiger partial charge in [0, 0.05) is 22.2 Å². The SMILES string of the molecule is COc1ccccc1CNC(=O)c1sc2cc(F)ccc2c1Cl. The van der Waals surface area contributed by atoms with E-state index in [0.717, 1.165) is 5.56 Å². The summed E-state index contributed by atoms with van der Waals surface area (Å²) in [7, 11) is 1.58. The van der Waals surface area contributed by atoms with Crippen molar-refractivity contribution in [2.75, 3.05) is 7.11 Å². The van der Waals surface area contributed by atoms with E-state index in [-0.39, 0.29) is 11.7 Å². The number of fused-ring (bicyclic) bond motifs is 1. The van der Waals surface area contributed by atoms with Crippen molar-refractivity contribution in [3.05, 3.63) is 63.7 Å². The van der Waals surface area contributed by atoms with Crippen molar-refractivity contribution in [2.45, 2.75) is 6.54 Å². The van der Waals surface area contributed by atoms with E-state index >= 15 is 0 Å². The molecule has 1 N–H and O–H groups in total. The number of benzene rings is 2. The summed E-state index contributed by atoms with van der Waals surface area (Å²) >= 11 is 7.42. The first kappa shape index (κ1) is 15.8. The third-order valence-corrected chi connectivity index (χ3v) is 5.09. The number of para-hydroxylation sites is 1. The number of carbonyl (C=O) groups is 1. The summed E-state index contributed by atoms with van der Waals surface area (Å²) in [6.07, 6.45) is 0. The minimum atomic E-state index is -0.351. The molecule has 0 saturated carbocycles. The molecule has 118 valence electrons. The zero-order valence-corrected chi connectivity index (χ0v) is 13.8. The summed E-state index contributed by atoms with van der Waals surface area (Å²) < 4.78 is 19.2. The maximum absolute atomic E-state index is 13.3. The number of hydrogen-bond donors (Lipinski definition) is 1. The molecule has 23 heavy (non-hydrogen) atoms. The van der Waals surface area contributed by atoms with Gasteiger partial charge in [0.05, 0.1) is 12.1 Å². The smallest absolute Gasteiger partial charge is 0.263 e. The molecule has 0 unspecified atom stereocenters. The Labute approximate surface area is 141 Å². The Balaban J connectivity index is 1.82. The maximum Gasteiger partial charge on any atom is 0.263 e. The molecule has 3 nitrogen and oxygen atoms in total. The fourth-order valence-electron chi connectivity index (χ4n) is 2.29. The standard InChI is InChI=1S/C17H13ClFNO2S/c1-22-13-5-3-2-4-10(13)9-20-17(21)16-15(18)12-7-6-11(19)8-14(12)23-16/h2-8H,9H2,1H3,(H,20,21). The van der Waals surface area contributed by atoms with Crippen LogP contribution in [0.2, 0.25) is 5.02 Å². The number of thiophene rings is 1. The number of nitrogens with one attached hydrogen (secondary N) is 1. The van der Waals surface area contributed by atoms with Crippen LogP contribution >= 0.6 is 22.9 Å². The lowest BCUT2D eigenvalue weighted by Crippen LogP contribution is -2.22. The summed E-state index contributed by atoms with van der Waals surface area (Å²) in [6, 6.07) is 11.7. The van der Waals surface area contributed by atoms with Gasteiger partial charge in [-0.2, -0.15) is 0 Å². The van der Waals surface area contributed by atoms with E-state index in [1.165, 1.54) is 23.5 Å². The van der Waals surface area contributed by atoms with E-state index in [2.05, 4.69) is 5.32 Å². The van der Waals surface area contributed by atoms with Gasteiger partial charge in [0.1, 0.15) is 16.4 Å².